The molecule has 4 nitrogen and oxygen atoms in total. The minimum atomic E-state index is 0.777. The number of nitrogens with zero attached hydrogens (tertiary/aromatic N) is 4. The van der Waals surface area contributed by atoms with Crippen LogP contribution in [0.15, 0.2) is 66.9 Å². The molecule has 2 aromatic carbocycles. The van der Waals surface area contributed by atoms with Gasteiger partial charge in [-0.15, -0.1) is 0 Å². The van der Waals surface area contributed by atoms with E-state index in [0.29, 0.717) is 0 Å². The highest BCUT2D eigenvalue weighted by Gasteiger charge is 2.11. The van der Waals surface area contributed by atoms with Crippen LogP contribution in [0.4, 0.5) is 11.5 Å². The number of aromatic nitrogens is 3. The van der Waals surface area contributed by atoms with Gasteiger partial charge in [0, 0.05) is 30.0 Å². The lowest BCUT2D eigenvalue weighted by Gasteiger charge is -2.20. The summed E-state index contributed by atoms with van der Waals surface area (Å²) in [5.41, 5.74) is 5.60. The van der Waals surface area contributed by atoms with Crippen LogP contribution in [0.1, 0.15) is 22.6 Å². The maximum atomic E-state index is 4.68. The van der Waals surface area contributed by atoms with Gasteiger partial charge in [0.1, 0.15) is 11.6 Å². The van der Waals surface area contributed by atoms with Gasteiger partial charge >= 0.3 is 0 Å². The van der Waals surface area contributed by atoms with Crippen molar-refractivity contribution in [1.29, 1.82) is 0 Å². The molecule has 0 saturated heterocycles. The number of aryl methyl sites for hydroxylation is 2. The van der Waals surface area contributed by atoms with E-state index in [-0.39, 0.29) is 0 Å². The summed E-state index contributed by atoms with van der Waals surface area (Å²) in [6.07, 6.45) is 2.83. The van der Waals surface area contributed by atoms with Gasteiger partial charge in [-0.3, -0.25) is 4.98 Å². The Kier molecular flexibility index (Phi) is 4.55. The summed E-state index contributed by atoms with van der Waals surface area (Å²) in [5.74, 6) is 1.70. The average molecular weight is 354 g/mol. The first-order chi connectivity index (χ1) is 13.1. The van der Waals surface area contributed by atoms with Crippen molar-refractivity contribution in [2.24, 2.45) is 0 Å². The molecule has 134 valence electrons. The average Bonchev–Trinajstić information content (AvgIpc) is 2.69. The molecular formula is C23H22N4. The largest absolute Gasteiger partial charge is 0.329 e. The van der Waals surface area contributed by atoms with Crippen molar-refractivity contribution < 1.29 is 0 Å². The van der Waals surface area contributed by atoms with E-state index in [2.05, 4.69) is 62.3 Å². The lowest BCUT2D eigenvalue weighted by molar-refractivity contribution is 1.04. The molecule has 4 aromatic rings. The first-order valence-corrected chi connectivity index (χ1v) is 9.08. The number of hydrogen-bond donors (Lipinski definition) is 0. The Labute approximate surface area is 159 Å². The number of hydrogen-bond acceptors (Lipinski definition) is 4. The smallest absolute Gasteiger partial charge is 0.144 e. The Hall–Kier alpha value is -3.27. The summed E-state index contributed by atoms with van der Waals surface area (Å²) in [6.45, 7) is 3.94. The van der Waals surface area contributed by atoms with Crippen LogP contribution in [0.3, 0.4) is 0 Å². The van der Waals surface area contributed by atoms with Gasteiger partial charge in [-0.25, -0.2) is 9.97 Å². The minimum absolute atomic E-state index is 0.777. The fourth-order valence-corrected chi connectivity index (χ4v) is 3.23. The summed E-state index contributed by atoms with van der Waals surface area (Å²) >= 11 is 0. The van der Waals surface area contributed by atoms with E-state index in [4.69, 9.17) is 0 Å². The highest BCUT2D eigenvalue weighted by molar-refractivity contribution is 5.91. The molecule has 0 radical (unpaired) electrons. The Morgan fingerprint density at radius 1 is 0.815 bits per heavy atom. The van der Waals surface area contributed by atoms with Crippen LogP contribution in [0, 0.1) is 13.8 Å². The molecule has 4 rings (SSSR count). The number of rotatable bonds is 4. The van der Waals surface area contributed by atoms with E-state index in [1.807, 2.05) is 45.3 Å². The molecule has 0 saturated carbocycles. The molecule has 2 aromatic heterocycles. The summed E-state index contributed by atoms with van der Waals surface area (Å²) in [5, 5.41) is 1.06. The van der Waals surface area contributed by atoms with E-state index in [9.17, 15) is 0 Å². The predicted molar refractivity (Wildman–Crippen MR) is 111 cm³/mol. The topological polar surface area (TPSA) is 41.9 Å². The zero-order valence-corrected chi connectivity index (χ0v) is 15.8. The number of fused-ring (bicyclic) bond motifs is 1. The molecule has 0 aliphatic carbocycles. The molecule has 0 aliphatic heterocycles. The number of pyridine rings is 1. The summed E-state index contributed by atoms with van der Waals surface area (Å²) in [6, 6.07) is 20.9. The van der Waals surface area contributed by atoms with Gasteiger partial charge in [-0.05, 0) is 61.7 Å². The second kappa shape index (κ2) is 7.16. The number of para-hydroxylation sites is 1. The van der Waals surface area contributed by atoms with Crippen LogP contribution < -0.4 is 4.90 Å². The fourth-order valence-electron chi connectivity index (χ4n) is 3.23. The molecule has 27 heavy (non-hydrogen) atoms. The summed E-state index contributed by atoms with van der Waals surface area (Å²) in [4.78, 5) is 15.7. The van der Waals surface area contributed by atoms with Crippen LogP contribution >= 0.6 is 0 Å². The van der Waals surface area contributed by atoms with E-state index >= 15 is 0 Å². The third-order valence-electron chi connectivity index (χ3n) is 4.72. The van der Waals surface area contributed by atoms with E-state index < -0.39 is 0 Å². The maximum absolute atomic E-state index is 4.68. The molecule has 0 spiro atoms. The van der Waals surface area contributed by atoms with Gasteiger partial charge in [0.05, 0.1) is 5.52 Å². The van der Waals surface area contributed by atoms with Crippen molar-refractivity contribution in [3.8, 4) is 0 Å². The van der Waals surface area contributed by atoms with E-state index in [1.165, 1.54) is 11.1 Å². The van der Waals surface area contributed by atoms with Crippen LogP contribution in [-0.4, -0.2) is 22.0 Å². The standard InChI is InChI=1S/C23H22N4/c1-16-8-9-19(15-24-16)14-18-10-12-20(13-11-18)27(3)23-21-6-4-5-7-22(21)25-17(2)26-23/h4-13,15H,14H2,1-3H3. The molecule has 2 heterocycles. The Morgan fingerprint density at radius 3 is 2.30 bits per heavy atom. The monoisotopic (exact) mass is 354 g/mol. The molecule has 0 bridgehead atoms. The maximum Gasteiger partial charge on any atom is 0.144 e. The first-order valence-electron chi connectivity index (χ1n) is 9.08. The van der Waals surface area contributed by atoms with E-state index in [1.54, 1.807) is 0 Å². The van der Waals surface area contributed by atoms with Gasteiger partial charge in [-0.2, -0.15) is 0 Å². The first kappa shape index (κ1) is 17.2. The van der Waals surface area contributed by atoms with Gasteiger partial charge in [0.15, 0.2) is 0 Å². The SMILES string of the molecule is Cc1ccc(Cc2ccc(N(C)c3nc(C)nc4ccccc34)cc2)cn1. The Balaban J connectivity index is 1.61. The fraction of sp³-hybridized carbons (Fsp3) is 0.174. The Bertz CT molecular complexity index is 1070. The van der Waals surface area contributed by atoms with Crippen molar-refractivity contribution in [2.45, 2.75) is 20.3 Å². The third-order valence-corrected chi connectivity index (χ3v) is 4.72. The quantitative estimate of drug-likeness (QED) is 0.517. The third kappa shape index (κ3) is 3.65. The van der Waals surface area contributed by atoms with Gasteiger partial charge in [0.25, 0.3) is 0 Å². The number of anilines is 2. The predicted octanol–water partition coefficient (Wildman–Crippen LogP) is 5.00. The molecular weight excluding hydrogens is 332 g/mol. The second-order valence-electron chi connectivity index (χ2n) is 6.82. The van der Waals surface area contributed by atoms with Crippen molar-refractivity contribution in [3.63, 3.8) is 0 Å². The lowest BCUT2D eigenvalue weighted by atomic mass is 10.1. The molecule has 0 atom stereocenters. The van der Waals surface area contributed by atoms with Crippen LogP contribution in [0.5, 0.6) is 0 Å². The van der Waals surface area contributed by atoms with Crippen molar-refractivity contribution in [2.75, 3.05) is 11.9 Å². The highest BCUT2D eigenvalue weighted by Crippen LogP contribution is 2.29. The van der Waals surface area contributed by atoms with Gasteiger partial charge in [0.2, 0.25) is 0 Å². The summed E-state index contributed by atoms with van der Waals surface area (Å²) in [7, 11) is 2.05. The zero-order chi connectivity index (χ0) is 18.8. The van der Waals surface area contributed by atoms with Gasteiger partial charge in [-0.1, -0.05) is 30.3 Å². The Morgan fingerprint density at radius 2 is 1.56 bits per heavy atom. The molecule has 0 N–H and O–H groups in total. The van der Waals surface area contributed by atoms with Crippen LogP contribution in [-0.2, 0) is 6.42 Å². The van der Waals surface area contributed by atoms with Crippen molar-refractivity contribution >= 4 is 22.4 Å². The van der Waals surface area contributed by atoms with Crippen LogP contribution in [0.2, 0.25) is 0 Å². The van der Waals surface area contributed by atoms with Gasteiger partial charge < -0.3 is 4.90 Å². The van der Waals surface area contributed by atoms with Crippen molar-refractivity contribution in [3.05, 3.63) is 89.5 Å². The number of benzene rings is 2. The molecule has 0 aliphatic rings. The molecule has 0 unspecified atom stereocenters. The summed E-state index contributed by atoms with van der Waals surface area (Å²) < 4.78 is 0. The molecule has 0 fully saturated rings. The zero-order valence-electron chi connectivity index (χ0n) is 15.8. The highest BCUT2D eigenvalue weighted by atomic mass is 15.2. The molecule has 4 heteroatoms. The lowest BCUT2D eigenvalue weighted by Crippen LogP contribution is -2.13. The molecule has 0 amide bonds. The van der Waals surface area contributed by atoms with E-state index in [0.717, 1.165) is 40.3 Å². The second-order valence-corrected chi connectivity index (χ2v) is 6.82. The normalized spacial score (nSPS) is 10.9. The van der Waals surface area contributed by atoms with Crippen molar-refractivity contribution in [1.82, 2.24) is 15.0 Å². The minimum Gasteiger partial charge on any atom is -0.329 e. The van der Waals surface area contributed by atoms with Crippen LogP contribution in [0.25, 0.3) is 10.9 Å².